The van der Waals surface area contributed by atoms with E-state index in [4.69, 9.17) is 0 Å². The van der Waals surface area contributed by atoms with Gasteiger partial charge < -0.3 is 9.80 Å². The molecule has 0 N–H and O–H groups in total. The van der Waals surface area contributed by atoms with Crippen molar-refractivity contribution in [3.63, 3.8) is 0 Å². The molecule has 1 amide bonds. The summed E-state index contributed by atoms with van der Waals surface area (Å²) in [6.45, 7) is 2.53. The highest BCUT2D eigenvalue weighted by atomic mass is 16.2. The summed E-state index contributed by atoms with van der Waals surface area (Å²) in [5.74, 6) is 1.14. The van der Waals surface area contributed by atoms with Gasteiger partial charge in [-0.3, -0.25) is 9.48 Å². The summed E-state index contributed by atoms with van der Waals surface area (Å²) in [5, 5.41) is 9.01. The minimum atomic E-state index is 0.197. The van der Waals surface area contributed by atoms with E-state index < -0.39 is 0 Å². The van der Waals surface area contributed by atoms with Gasteiger partial charge in [0.15, 0.2) is 5.65 Å². The predicted octanol–water partition coefficient (Wildman–Crippen LogP) is 1.11. The lowest BCUT2D eigenvalue weighted by atomic mass is 10.1. The lowest BCUT2D eigenvalue weighted by Gasteiger charge is -2.39. The van der Waals surface area contributed by atoms with Gasteiger partial charge in [-0.2, -0.15) is 5.10 Å². The highest BCUT2D eigenvalue weighted by molar-refractivity contribution is 5.95. The molecule has 3 aromatic rings. The largest absolute Gasteiger partial charge is 0.351 e. The van der Waals surface area contributed by atoms with Crippen molar-refractivity contribution in [3.8, 4) is 0 Å². The van der Waals surface area contributed by atoms with Gasteiger partial charge in [-0.1, -0.05) is 0 Å². The molecule has 2 saturated heterocycles. The van der Waals surface area contributed by atoms with Gasteiger partial charge >= 0.3 is 0 Å². The first-order valence-electron chi connectivity index (χ1n) is 8.18. The first kappa shape index (κ1) is 13.5. The van der Waals surface area contributed by atoms with E-state index in [2.05, 4.69) is 20.1 Å². The Morgan fingerprint density at radius 3 is 2.96 bits per heavy atom. The van der Waals surface area contributed by atoms with E-state index in [0.717, 1.165) is 43.2 Å². The van der Waals surface area contributed by atoms with Gasteiger partial charge in [-0.25, -0.2) is 9.50 Å². The standard InChI is InChI=1S/C16H17N7O/c24-16-2-1-6-21(16)12-8-18-23(11-12)13-9-20(10-13)15-4-3-14-17-5-7-22(14)19-15/h3-5,7-8,11,13H,1-2,6,9-10H2. The zero-order valence-electron chi connectivity index (χ0n) is 13.1. The van der Waals surface area contributed by atoms with Crippen LogP contribution in [-0.2, 0) is 4.79 Å². The number of rotatable bonds is 3. The average molecular weight is 323 g/mol. The molecule has 3 aromatic heterocycles. The molecule has 0 aromatic carbocycles. The second-order valence-electron chi connectivity index (χ2n) is 6.31. The zero-order chi connectivity index (χ0) is 16.1. The van der Waals surface area contributed by atoms with Gasteiger partial charge in [0.1, 0.15) is 5.82 Å². The Morgan fingerprint density at radius 1 is 1.21 bits per heavy atom. The average Bonchev–Trinajstić information content (AvgIpc) is 3.25. The second kappa shape index (κ2) is 5.05. The van der Waals surface area contributed by atoms with Crippen LogP contribution in [0.25, 0.3) is 5.65 Å². The van der Waals surface area contributed by atoms with Crippen LogP contribution in [-0.4, -0.2) is 49.9 Å². The van der Waals surface area contributed by atoms with Gasteiger partial charge in [0, 0.05) is 44.6 Å². The molecule has 24 heavy (non-hydrogen) atoms. The van der Waals surface area contributed by atoms with Crippen LogP contribution in [0, 0.1) is 0 Å². The molecule has 0 unspecified atom stereocenters. The maximum absolute atomic E-state index is 11.8. The molecule has 122 valence electrons. The molecule has 2 aliphatic heterocycles. The van der Waals surface area contributed by atoms with Crippen LogP contribution < -0.4 is 9.80 Å². The van der Waals surface area contributed by atoms with E-state index in [9.17, 15) is 4.79 Å². The summed E-state index contributed by atoms with van der Waals surface area (Å²) < 4.78 is 3.75. The Bertz CT molecular complexity index is 908. The van der Waals surface area contributed by atoms with Gasteiger partial charge in [0.05, 0.1) is 17.9 Å². The fraction of sp³-hybridized carbons (Fsp3) is 0.375. The molecule has 2 aliphatic rings. The molecular formula is C16H17N7O. The number of nitrogens with zero attached hydrogens (tertiary/aromatic N) is 7. The van der Waals surface area contributed by atoms with Crippen LogP contribution in [0.5, 0.6) is 0 Å². The Kier molecular flexibility index (Phi) is 2.85. The number of hydrogen-bond donors (Lipinski definition) is 0. The zero-order valence-corrected chi connectivity index (χ0v) is 13.1. The topological polar surface area (TPSA) is 71.6 Å². The summed E-state index contributed by atoms with van der Waals surface area (Å²) in [4.78, 5) is 20.1. The van der Waals surface area contributed by atoms with Crippen molar-refractivity contribution >= 4 is 23.1 Å². The van der Waals surface area contributed by atoms with Crippen LogP contribution in [0.1, 0.15) is 18.9 Å². The van der Waals surface area contributed by atoms with E-state index in [1.54, 1.807) is 16.9 Å². The third-order valence-corrected chi connectivity index (χ3v) is 4.77. The SMILES string of the molecule is O=C1CCCN1c1cnn(C2CN(c3ccc4nccn4n3)C2)c1. The lowest BCUT2D eigenvalue weighted by molar-refractivity contribution is -0.117. The smallest absolute Gasteiger partial charge is 0.227 e. The van der Waals surface area contributed by atoms with E-state index in [1.165, 1.54) is 0 Å². The van der Waals surface area contributed by atoms with Crippen LogP contribution >= 0.6 is 0 Å². The molecule has 5 heterocycles. The number of anilines is 2. The Labute approximate surface area is 138 Å². The molecule has 0 saturated carbocycles. The minimum Gasteiger partial charge on any atom is -0.351 e. The third kappa shape index (κ3) is 2.06. The van der Waals surface area contributed by atoms with Crippen molar-refractivity contribution in [1.82, 2.24) is 24.4 Å². The van der Waals surface area contributed by atoms with Crippen LogP contribution in [0.4, 0.5) is 11.5 Å². The molecule has 0 aliphatic carbocycles. The predicted molar refractivity (Wildman–Crippen MR) is 88.1 cm³/mol. The quantitative estimate of drug-likeness (QED) is 0.722. The number of carbonyl (C=O) groups excluding carboxylic acids is 1. The number of amides is 1. The summed E-state index contributed by atoms with van der Waals surface area (Å²) in [7, 11) is 0. The first-order valence-corrected chi connectivity index (χ1v) is 8.18. The van der Waals surface area contributed by atoms with E-state index in [-0.39, 0.29) is 5.91 Å². The molecule has 0 atom stereocenters. The molecular weight excluding hydrogens is 306 g/mol. The maximum atomic E-state index is 11.8. The molecule has 0 radical (unpaired) electrons. The Morgan fingerprint density at radius 2 is 2.12 bits per heavy atom. The van der Waals surface area contributed by atoms with Gasteiger partial charge in [0.25, 0.3) is 0 Å². The van der Waals surface area contributed by atoms with Crippen molar-refractivity contribution in [2.75, 3.05) is 29.4 Å². The number of fused-ring (bicyclic) bond motifs is 1. The molecule has 8 nitrogen and oxygen atoms in total. The normalized spacial score (nSPS) is 18.6. The fourth-order valence-electron chi connectivity index (χ4n) is 3.37. The molecule has 8 heteroatoms. The van der Waals surface area contributed by atoms with Gasteiger partial charge in [-0.15, -0.1) is 5.10 Å². The van der Waals surface area contributed by atoms with Gasteiger partial charge in [-0.05, 0) is 18.6 Å². The monoisotopic (exact) mass is 323 g/mol. The summed E-state index contributed by atoms with van der Waals surface area (Å²) in [5.41, 5.74) is 1.76. The molecule has 0 bridgehead atoms. The molecule has 2 fully saturated rings. The van der Waals surface area contributed by atoms with E-state index >= 15 is 0 Å². The Hall–Kier alpha value is -2.90. The number of carbonyl (C=O) groups is 1. The third-order valence-electron chi connectivity index (χ3n) is 4.77. The van der Waals surface area contributed by atoms with Crippen LogP contribution in [0.15, 0.2) is 36.9 Å². The van der Waals surface area contributed by atoms with Crippen molar-refractivity contribution in [3.05, 3.63) is 36.9 Å². The van der Waals surface area contributed by atoms with Gasteiger partial charge in [0.2, 0.25) is 5.91 Å². The van der Waals surface area contributed by atoms with E-state index in [0.29, 0.717) is 12.5 Å². The number of aromatic nitrogens is 5. The maximum Gasteiger partial charge on any atom is 0.227 e. The fourth-order valence-corrected chi connectivity index (χ4v) is 3.37. The molecule has 5 rings (SSSR count). The van der Waals surface area contributed by atoms with Crippen molar-refractivity contribution in [1.29, 1.82) is 0 Å². The van der Waals surface area contributed by atoms with Crippen LogP contribution in [0.2, 0.25) is 0 Å². The van der Waals surface area contributed by atoms with Crippen molar-refractivity contribution < 1.29 is 4.79 Å². The first-order chi connectivity index (χ1) is 11.8. The molecule has 0 spiro atoms. The van der Waals surface area contributed by atoms with Crippen molar-refractivity contribution in [2.45, 2.75) is 18.9 Å². The Balaban J connectivity index is 1.29. The highest BCUT2D eigenvalue weighted by Gasteiger charge is 2.31. The summed E-state index contributed by atoms with van der Waals surface area (Å²) in [6.07, 6.45) is 8.95. The summed E-state index contributed by atoms with van der Waals surface area (Å²) in [6, 6.07) is 4.29. The van der Waals surface area contributed by atoms with Crippen LogP contribution in [0.3, 0.4) is 0 Å². The minimum absolute atomic E-state index is 0.197. The summed E-state index contributed by atoms with van der Waals surface area (Å²) >= 11 is 0. The van der Waals surface area contributed by atoms with E-state index in [1.807, 2.05) is 34.1 Å². The van der Waals surface area contributed by atoms with Crippen molar-refractivity contribution in [2.24, 2.45) is 0 Å². The highest BCUT2D eigenvalue weighted by Crippen LogP contribution is 2.28. The number of imidazole rings is 1. The second-order valence-corrected chi connectivity index (χ2v) is 6.31. The lowest BCUT2D eigenvalue weighted by Crippen LogP contribution is -2.48. The number of hydrogen-bond acceptors (Lipinski definition) is 5.